The molecule has 0 aromatic heterocycles. The molecule has 174 valence electrons. The summed E-state index contributed by atoms with van der Waals surface area (Å²) < 4.78 is 27.5. The van der Waals surface area contributed by atoms with Gasteiger partial charge in [-0.1, -0.05) is 49.2 Å². The molecule has 0 aliphatic rings. The van der Waals surface area contributed by atoms with Crippen molar-refractivity contribution in [1.82, 2.24) is 10.0 Å². The van der Waals surface area contributed by atoms with E-state index < -0.39 is 40.6 Å². The fourth-order valence-electron chi connectivity index (χ4n) is 3.00. The van der Waals surface area contributed by atoms with E-state index in [1.165, 1.54) is 12.1 Å². The van der Waals surface area contributed by atoms with Gasteiger partial charge < -0.3 is 10.2 Å². The van der Waals surface area contributed by atoms with E-state index >= 15 is 0 Å². The van der Waals surface area contributed by atoms with Crippen molar-refractivity contribution in [2.24, 2.45) is 5.92 Å². The summed E-state index contributed by atoms with van der Waals surface area (Å²) in [6.45, 7) is 3.08. The number of aliphatic carboxylic acids is 2. The number of hydrogen-bond donors (Lipinski definition) is 4. The van der Waals surface area contributed by atoms with Gasteiger partial charge in [0.05, 0.1) is 4.90 Å². The molecule has 0 radical (unpaired) electrons. The summed E-state index contributed by atoms with van der Waals surface area (Å²) in [5.41, 5.74) is 1.40. The molecule has 2 atom stereocenters. The molecule has 32 heavy (non-hydrogen) atoms. The topological polar surface area (TPSA) is 133 Å². The zero-order chi connectivity index (χ0) is 24.1. The van der Waals surface area contributed by atoms with Crippen LogP contribution in [0, 0.1) is 5.92 Å². The molecule has 0 aliphatic heterocycles. The molecule has 0 aliphatic carbocycles. The third-order valence-electron chi connectivity index (χ3n) is 4.54. The monoisotopic (exact) mass is 502 g/mol. The molecule has 0 heterocycles. The molecule has 0 spiro atoms. The Morgan fingerprint density at radius 2 is 1.44 bits per heavy atom. The molecule has 0 saturated carbocycles. The van der Waals surface area contributed by atoms with Gasteiger partial charge >= 0.3 is 11.9 Å². The van der Waals surface area contributed by atoms with Crippen molar-refractivity contribution >= 4 is 45.2 Å². The molecule has 0 amide bonds. The van der Waals surface area contributed by atoms with Crippen LogP contribution in [0.5, 0.6) is 0 Å². The van der Waals surface area contributed by atoms with Crippen molar-refractivity contribution in [1.29, 1.82) is 0 Å². The SMILES string of the molecule is CC(C)CC(NC(CNS(=O)(=O)c1ccc(-c2cc(Cl)cc(Cl)c2)cc1)C(=O)O)C(=O)O. The number of nitrogens with one attached hydrogen (secondary N) is 2. The van der Waals surface area contributed by atoms with Crippen molar-refractivity contribution in [2.75, 3.05) is 6.54 Å². The summed E-state index contributed by atoms with van der Waals surface area (Å²) >= 11 is 12.0. The van der Waals surface area contributed by atoms with Crippen LogP contribution in [-0.2, 0) is 19.6 Å². The number of halogens is 2. The smallest absolute Gasteiger partial charge is 0.322 e. The number of sulfonamides is 1. The predicted molar refractivity (Wildman–Crippen MR) is 123 cm³/mol. The normalized spacial score (nSPS) is 13.7. The summed E-state index contributed by atoms with van der Waals surface area (Å²) in [4.78, 5) is 22.9. The van der Waals surface area contributed by atoms with Gasteiger partial charge in [0.1, 0.15) is 12.1 Å². The highest BCUT2D eigenvalue weighted by Gasteiger charge is 2.28. The Morgan fingerprint density at radius 1 is 0.906 bits per heavy atom. The second-order valence-corrected chi connectivity index (χ2v) is 10.3. The van der Waals surface area contributed by atoms with Crippen LogP contribution in [0.1, 0.15) is 20.3 Å². The molecule has 2 unspecified atom stereocenters. The summed E-state index contributed by atoms with van der Waals surface area (Å²) in [6.07, 6.45) is 0.195. The highest BCUT2D eigenvalue weighted by atomic mass is 35.5. The molecule has 11 heteroatoms. The quantitative estimate of drug-likeness (QED) is 0.369. The fourth-order valence-corrected chi connectivity index (χ4v) is 4.57. The first-order chi connectivity index (χ1) is 14.9. The van der Waals surface area contributed by atoms with Crippen molar-refractivity contribution in [3.8, 4) is 11.1 Å². The third kappa shape index (κ3) is 7.46. The number of carbonyl (C=O) groups is 2. The van der Waals surface area contributed by atoms with Crippen LogP contribution in [0.15, 0.2) is 47.4 Å². The molecule has 8 nitrogen and oxygen atoms in total. The number of rotatable bonds is 11. The highest BCUT2D eigenvalue weighted by molar-refractivity contribution is 7.89. The molecular weight excluding hydrogens is 479 g/mol. The second kappa shape index (κ2) is 11.1. The zero-order valence-corrected chi connectivity index (χ0v) is 19.7. The molecule has 2 aromatic rings. The maximum atomic E-state index is 12.6. The first-order valence-electron chi connectivity index (χ1n) is 9.67. The van der Waals surface area contributed by atoms with Gasteiger partial charge in [0.25, 0.3) is 0 Å². The van der Waals surface area contributed by atoms with Crippen LogP contribution < -0.4 is 10.0 Å². The van der Waals surface area contributed by atoms with Crippen molar-refractivity contribution in [3.63, 3.8) is 0 Å². The Hall–Kier alpha value is -2.17. The van der Waals surface area contributed by atoms with Crippen LogP contribution in [0.4, 0.5) is 0 Å². The van der Waals surface area contributed by atoms with Gasteiger partial charge in [0, 0.05) is 16.6 Å². The Morgan fingerprint density at radius 3 is 1.91 bits per heavy atom. The molecule has 2 aromatic carbocycles. The standard InChI is InChI=1S/C21H24Cl2N2O6S/c1-12(2)7-18(20(26)27)25-19(21(28)29)11-24-32(30,31)17-5-3-13(4-6-17)14-8-15(22)10-16(23)9-14/h3-6,8-10,12,18-19,24-25H,7,11H2,1-2H3,(H,26,27)(H,28,29). The van der Waals surface area contributed by atoms with E-state index in [2.05, 4.69) is 10.0 Å². The molecule has 0 fully saturated rings. The maximum Gasteiger partial charge on any atom is 0.322 e. The Labute approximate surface area is 196 Å². The summed E-state index contributed by atoms with van der Waals surface area (Å²) in [7, 11) is -4.04. The minimum Gasteiger partial charge on any atom is -0.480 e. The molecule has 0 bridgehead atoms. The lowest BCUT2D eigenvalue weighted by atomic mass is 10.0. The van der Waals surface area contributed by atoms with Gasteiger partial charge in [-0.3, -0.25) is 14.9 Å². The molecule has 0 saturated heterocycles. The number of carboxylic acid groups (broad SMARTS) is 2. The second-order valence-electron chi connectivity index (χ2n) is 7.61. The Kier molecular flexibility index (Phi) is 9.06. The molecular formula is C21H24Cl2N2O6S. The van der Waals surface area contributed by atoms with Gasteiger partial charge in [-0.2, -0.15) is 0 Å². The first kappa shape index (κ1) is 26.1. The van der Waals surface area contributed by atoms with Crippen LogP contribution in [0.25, 0.3) is 11.1 Å². The average Bonchev–Trinajstić information content (AvgIpc) is 2.69. The van der Waals surface area contributed by atoms with E-state index in [0.29, 0.717) is 21.2 Å². The van der Waals surface area contributed by atoms with E-state index in [0.717, 1.165) is 0 Å². The largest absolute Gasteiger partial charge is 0.480 e. The molecule has 4 N–H and O–H groups in total. The number of carboxylic acids is 2. The van der Waals surface area contributed by atoms with Crippen LogP contribution in [-0.4, -0.2) is 49.2 Å². The van der Waals surface area contributed by atoms with E-state index in [1.54, 1.807) is 44.2 Å². The van der Waals surface area contributed by atoms with Crippen molar-refractivity contribution < 1.29 is 28.2 Å². The van der Waals surface area contributed by atoms with E-state index in [9.17, 15) is 28.2 Å². The van der Waals surface area contributed by atoms with Gasteiger partial charge in [-0.15, -0.1) is 0 Å². The van der Waals surface area contributed by atoms with Crippen LogP contribution >= 0.6 is 23.2 Å². The predicted octanol–water partition coefficient (Wildman–Crippen LogP) is 3.48. The van der Waals surface area contributed by atoms with E-state index in [-0.39, 0.29) is 17.2 Å². The van der Waals surface area contributed by atoms with Gasteiger partial charge in [0.2, 0.25) is 10.0 Å². The van der Waals surface area contributed by atoms with Gasteiger partial charge in [-0.25, -0.2) is 13.1 Å². The lowest BCUT2D eigenvalue weighted by Crippen LogP contribution is -2.52. The van der Waals surface area contributed by atoms with Crippen molar-refractivity contribution in [2.45, 2.75) is 37.2 Å². The average molecular weight is 503 g/mol. The lowest BCUT2D eigenvalue weighted by Gasteiger charge is -2.22. The molecule has 2 rings (SSSR count). The fraction of sp³-hybridized carbons (Fsp3) is 0.333. The van der Waals surface area contributed by atoms with Gasteiger partial charge in [0.15, 0.2) is 0 Å². The summed E-state index contributed by atoms with van der Waals surface area (Å²) in [5, 5.41) is 22.1. The van der Waals surface area contributed by atoms with Crippen molar-refractivity contribution in [3.05, 3.63) is 52.5 Å². The Balaban J connectivity index is 2.13. The zero-order valence-electron chi connectivity index (χ0n) is 17.4. The lowest BCUT2D eigenvalue weighted by molar-refractivity contribution is -0.142. The van der Waals surface area contributed by atoms with Crippen LogP contribution in [0.3, 0.4) is 0 Å². The first-order valence-corrected chi connectivity index (χ1v) is 11.9. The van der Waals surface area contributed by atoms with E-state index in [4.69, 9.17) is 23.2 Å². The maximum absolute atomic E-state index is 12.6. The van der Waals surface area contributed by atoms with Gasteiger partial charge in [-0.05, 0) is 53.8 Å². The number of benzene rings is 2. The summed E-state index contributed by atoms with van der Waals surface area (Å²) in [5.74, 6) is -2.57. The third-order valence-corrected chi connectivity index (χ3v) is 6.42. The van der Waals surface area contributed by atoms with Crippen LogP contribution in [0.2, 0.25) is 10.0 Å². The Bertz CT molecular complexity index is 1050. The van der Waals surface area contributed by atoms with E-state index in [1.807, 2.05) is 0 Å². The summed E-state index contributed by atoms with van der Waals surface area (Å²) in [6, 6.07) is 8.31. The number of hydrogen-bond acceptors (Lipinski definition) is 5. The minimum atomic E-state index is -4.04. The highest BCUT2D eigenvalue weighted by Crippen LogP contribution is 2.28. The minimum absolute atomic E-state index is 0.00243.